The summed E-state index contributed by atoms with van der Waals surface area (Å²) in [5.74, 6) is 0. The molecule has 0 aromatic carbocycles. The zero-order valence-electron chi connectivity index (χ0n) is 7.71. The molecule has 0 spiro atoms. The third-order valence-electron chi connectivity index (χ3n) is 1.06. The summed E-state index contributed by atoms with van der Waals surface area (Å²) >= 11 is 0.720. The molecule has 0 aromatic rings. The van der Waals surface area contributed by atoms with Crippen molar-refractivity contribution in [2.75, 3.05) is 0 Å². The molecule has 0 saturated carbocycles. The van der Waals surface area contributed by atoms with Gasteiger partial charge in [-0.15, -0.1) is 0 Å². The maximum absolute atomic E-state index is 2.39. The van der Waals surface area contributed by atoms with E-state index in [0.29, 0.717) is 2.26 Å². The topological polar surface area (TPSA) is 0 Å². The van der Waals surface area contributed by atoms with E-state index in [-0.39, 0.29) is 0 Å². The Morgan fingerprint density at radius 1 is 1.00 bits per heavy atom. The van der Waals surface area contributed by atoms with Crippen molar-refractivity contribution < 1.29 is 0 Å². The predicted octanol–water partition coefficient (Wildman–Crippen LogP) is 2.79. The van der Waals surface area contributed by atoms with Gasteiger partial charge >= 0.3 is 109 Å². The van der Waals surface area contributed by atoms with E-state index in [4.69, 9.17) is 0 Å². The van der Waals surface area contributed by atoms with Crippen molar-refractivity contribution in [3.05, 3.63) is 0 Å². The van der Waals surface area contributed by atoms with Crippen LogP contribution in [-0.2, 0) is 0 Å². The Balaban J connectivity index is 3.75. The summed E-state index contributed by atoms with van der Waals surface area (Å²) in [5, 5.41) is 0. The van der Waals surface area contributed by atoms with Crippen molar-refractivity contribution in [3.63, 3.8) is 0 Å². The third kappa shape index (κ3) is 10.1. The van der Waals surface area contributed by atoms with Crippen molar-refractivity contribution in [2.24, 2.45) is 5.41 Å². The van der Waals surface area contributed by atoms with Gasteiger partial charge in [-0.05, 0) is 0 Å². The average Bonchev–Trinajstić information content (AvgIpc) is 1.14. The third-order valence-corrected chi connectivity index (χ3v) is 2.17. The quantitative estimate of drug-likeness (QED) is 0.667. The summed E-state index contributed by atoms with van der Waals surface area (Å²) < 4.78 is 0.707. The summed E-state index contributed by atoms with van der Waals surface area (Å²) in [4.78, 5) is 0. The Morgan fingerprint density at radius 2 is 1.33 bits per heavy atom. The number of hydrogen-bond donors (Lipinski definition) is 0. The van der Waals surface area contributed by atoms with Crippen LogP contribution in [0.25, 0.3) is 0 Å². The van der Waals surface area contributed by atoms with Gasteiger partial charge in [0, 0.05) is 0 Å². The van der Waals surface area contributed by atoms with E-state index in [9.17, 15) is 0 Å². The fraction of sp³-hybridized carbons (Fsp3) is 1.00. The van der Waals surface area contributed by atoms with Gasteiger partial charge in [0.2, 0.25) is 0 Å². The van der Waals surface area contributed by atoms with Gasteiger partial charge in [0.05, 0.1) is 0 Å². The Bertz CT molecular complexity index is 69.7. The normalized spacial score (nSPS) is 14.1. The van der Waals surface area contributed by atoms with Gasteiger partial charge < -0.3 is 0 Å². The molecule has 0 saturated heterocycles. The molecule has 0 N–H and O–H groups in total. The van der Waals surface area contributed by atoms with Crippen molar-refractivity contribution in [1.82, 2.24) is 0 Å². The van der Waals surface area contributed by atoms with Crippen molar-refractivity contribution in [3.8, 4) is 0 Å². The molecule has 0 aliphatic heterocycles. The van der Waals surface area contributed by atoms with Gasteiger partial charge in [-0.2, -0.15) is 0 Å². The van der Waals surface area contributed by atoms with Crippen LogP contribution in [0.3, 0.4) is 0 Å². The zero-order chi connectivity index (χ0) is 7.71. The molecule has 0 unspecified atom stereocenters. The molecular formula is C8H17Cs. The second-order valence-electron chi connectivity index (χ2n) is 5.30. The predicted molar refractivity (Wildman–Crippen MR) is 43.9 cm³/mol. The van der Waals surface area contributed by atoms with Gasteiger partial charge in [-0.3, -0.25) is 0 Å². The van der Waals surface area contributed by atoms with Crippen LogP contribution in [0.15, 0.2) is 0 Å². The first-order valence-corrected chi connectivity index (χ1v) is 6.85. The summed E-state index contributed by atoms with van der Waals surface area (Å²) in [5.41, 5.74) is 0.540. The van der Waals surface area contributed by atoms with E-state index in [0.717, 1.165) is 65.9 Å². The van der Waals surface area contributed by atoms with Gasteiger partial charge in [0.15, 0.2) is 0 Å². The van der Waals surface area contributed by atoms with Crippen LogP contribution in [0.1, 0.15) is 41.0 Å². The summed E-state index contributed by atoms with van der Waals surface area (Å²) in [6.45, 7) is 11.8. The molecule has 1 heteroatoms. The van der Waals surface area contributed by atoms with Crippen molar-refractivity contribution in [2.45, 2.75) is 37.9 Å². The Hall–Kier alpha value is 2.05. The van der Waals surface area contributed by atoms with E-state index in [1.165, 1.54) is 6.42 Å². The molecule has 0 aliphatic rings. The van der Waals surface area contributed by atoms with Crippen LogP contribution in [0.4, 0.5) is 0 Å². The van der Waals surface area contributed by atoms with Crippen LogP contribution < -0.4 is 0 Å². The molecule has 0 atom stereocenters. The van der Waals surface area contributed by atoms with Crippen LogP contribution in [0.5, 0.6) is 0 Å². The van der Waals surface area contributed by atoms with Gasteiger partial charge in [-0.1, -0.05) is 0 Å². The van der Waals surface area contributed by atoms with Crippen LogP contribution in [-0.4, -0.2) is 65.9 Å². The van der Waals surface area contributed by atoms with Gasteiger partial charge in [-0.25, -0.2) is 0 Å². The second kappa shape index (κ2) is 3.64. The first kappa shape index (κ1) is 11.1. The van der Waals surface area contributed by atoms with E-state index in [1.807, 2.05) is 0 Å². The maximum atomic E-state index is 2.39. The number of rotatable bonds is 1. The van der Waals surface area contributed by atoms with Crippen molar-refractivity contribution >= 4 is 65.9 Å². The molecule has 0 aliphatic carbocycles. The first-order valence-electron chi connectivity index (χ1n) is 3.71. The molecule has 0 amide bonds. The Labute approximate surface area is 107 Å². The molecule has 0 rings (SSSR count). The molecule has 0 aromatic heterocycles. The van der Waals surface area contributed by atoms with E-state index >= 15 is 0 Å². The SMILES string of the molecule is CC(C)(C)C[C](C)(C)[Cs]. The minimum atomic E-state index is 0.540. The Kier molecular flexibility index (Phi) is 4.46. The first-order chi connectivity index (χ1) is 3.71. The van der Waals surface area contributed by atoms with Crippen LogP contribution in [0, 0.1) is 5.41 Å². The monoisotopic (exact) mass is 246 g/mol. The van der Waals surface area contributed by atoms with E-state index in [2.05, 4.69) is 34.6 Å². The Morgan fingerprint density at radius 3 is 1.33 bits per heavy atom. The summed E-state index contributed by atoms with van der Waals surface area (Å²) in [6.07, 6.45) is 1.39. The second-order valence-corrected chi connectivity index (χ2v) is 13.8. The minimum absolute atomic E-state index is 0.540. The summed E-state index contributed by atoms with van der Waals surface area (Å²) in [6, 6.07) is 0. The van der Waals surface area contributed by atoms with E-state index in [1.54, 1.807) is 0 Å². The molecule has 0 bridgehead atoms. The van der Waals surface area contributed by atoms with Crippen molar-refractivity contribution in [1.29, 1.82) is 0 Å². The molecule has 0 nitrogen and oxygen atoms in total. The molecule has 0 radical (unpaired) electrons. The van der Waals surface area contributed by atoms with E-state index < -0.39 is 0 Å². The van der Waals surface area contributed by atoms with Gasteiger partial charge in [0.1, 0.15) is 0 Å². The average molecular weight is 246 g/mol. The summed E-state index contributed by atoms with van der Waals surface area (Å²) in [7, 11) is 0. The molecule has 0 heterocycles. The zero-order valence-corrected chi connectivity index (χ0v) is 14.0. The van der Waals surface area contributed by atoms with Gasteiger partial charge in [0.25, 0.3) is 0 Å². The molecular weight excluding hydrogens is 229 g/mol. The fourth-order valence-corrected chi connectivity index (χ4v) is 4.92. The fourth-order valence-electron chi connectivity index (χ4n) is 1.59. The van der Waals surface area contributed by atoms with Crippen LogP contribution in [0.2, 0.25) is -3.16 Å². The molecule has 50 valence electrons. The van der Waals surface area contributed by atoms with Crippen LogP contribution >= 0.6 is 0 Å². The molecule has 9 heavy (non-hydrogen) atoms. The standard InChI is InChI=1S/C8H17.Cs/c1-7(2)6-8(3,4)5;/h6H2,1-5H3;. The molecule has 0 fully saturated rings. The number of hydrogen-bond acceptors (Lipinski definition) is 0.